The van der Waals surface area contributed by atoms with Gasteiger partial charge in [-0.1, -0.05) is 96.9 Å². The van der Waals surface area contributed by atoms with Gasteiger partial charge < -0.3 is 4.42 Å². The minimum absolute atomic E-state index is 0.0815. The Balaban J connectivity index is 1.34. The molecule has 46 heavy (non-hydrogen) atoms. The molecule has 0 saturated carbocycles. The quantitative estimate of drug-likeness (QED) is 0.202. The third-order valence-corrected chi connectivity index (χ3v) is 7.98. The van der Waals surface area contributed by atoms with Crippen LogP contribution in [0.15, 0.2) is 144 Å². The van der Waals surface area contributed by atoms with Crippen LogP contribution in [0.2, 0.25) is 0 Å². The molecule has 0 aliphatic carbocycles. The zero-order valence-electron chi connectivity index (χ0n) is 31.8. The Morgan fingerprint density at radius 2 is 1.13 bits per heavy atom. The van der Waals surface area contributed by atoms with Gasteiger partial charge in [-0.15, -0.1) is 0 Å². The fourth-order valence-electron chi connectivity index (χ4n) is 5.76. The smallest absolute Gasteiger partial charge is 0.238 e. The van der Waals surface area contributed by atoms with Gasteiger partial charge in [0.25, 0.3) is 0 Å². The molecule has 3 heterocycles. The van der Waals surface area contributed by atoms with Crippen LogP contribution < -0.4 is 0 Å². The summed E-state index contributed by atoms with van der Waals surface area (Å²) in [6.45, 7) is 0. The number of rotatable bonds is 4. The number of nitriles is 1. The van der Waals surface area contributed by atoms with E-state index in [1.54, 1.807) is 18.2 Å². The zero-order valence-corrected chi connectivity index (χ0v) is 23.8. The molecule has 0 aliphatic heterocycles. The predicted molar refractivity (Wildman–Crippen MR) is 182 cm³/mol. The van der Waals surface area contributed by atoms with Crippen LogP contribution in [0.1, 0.15) is 16.5 Å². The van der Waals surface area contributed by atoms with Crippen molar-refractivity contribution in [2.24, 2.45) is 0 Å². The summed E-state index contributed by atoms with van der Waals surface area (Å²) in [5, 5.41) is 10.9. The van der Waals surface area contributed by atoms with Gasteiger partial charge in [0.15, 0.2) is 11.6 Å². The first-order valence-electron chi connectivity index (χ1n) is 18.4. The van der Waals surface area contributed by atoms with Crippen LogP contribution in [-0.4, -0.2) is 19.5 Å². The second kappa shape index (κ2) is 10.3. The minimum atomic E-state index is -0.546. The van der Waals surface area contributed by atoms with E-state index < -0.39 is 48.3 Å². The van der Waals surface area contributed by atoms with E-state index in [2.05, 4.69) is 6.07 Å². The normalized spacial score (nSPS) is 13.9. The number of benzene rings is 6. The Morgan fingerprint density at radius 1 is 0.565 bits per heavy atom. The summed E-state index contributed by atoms with van der Waals surface area (Å²) in [6, 6.07) is 25.9. The molecule has 0 aliphatic rings. The molecule has 0 saturated heterocycles. The van der Waals surface area contributed by atoms with E-state index in [1.165, 1.54) is 4.57 Å². The third kappa shape index (κ3) is 4.15. The largest absolute Gasteiger partial charge is 0.456 e. The third-order valence-electron chi connectivity index (χ3n) is 7.98. The number of nitrogens with zero attached hydrogens (tertiary/aromatic N) is 5. The maximum absolute atomic E-state index is 9.22. The number of furan rings is 1. The molecule has 6 aromatic carbocycles. The first kappa shape index (κ1) is 18.9. The van der Waals surface area contributed by atoms with Crippen molar-refractivity contribution in [1.29, 1.82) is 5.26 Å². The van der Waals surface area contributed by atoms with Crippen molar-refractivity contribution in [3.63, 3.8) is 0 Å². The minimum Gasteiger partial charge on any atom is -0.456 e. The van der Waals surface area contributed by atoms with Crippen molar-refractivity contribution in [2.45, 2.75) is 0 Å². The summed E-state index contributed by atoms with van der Waals surface area (Å²) >= 11 is 0. The summed E-state index contributed by atoms with van der Waals surface area (Å²) in [4.78, 5) is 14.5. The van der Waals surface area contributed by atoms with Crippen molar-refractivity contribution < 1.29 is 15.4 Å². The molecule has 0 bridgehead atoms. The van der Waals surface area contributed by atoms with Crippen molar-refractivity contribution in [3.8, 4) is 45.9 Å². The molecular formula is C40H23N5O. The lowest BCUT2D eigenvalue weighted by atomic mass is 10.0. The first-order valence-corrected chi connectivity index (χ1v) is 14.4. The van der Waals surface area contributed by atoms with Gasteiger partial charge in [-0.05, 0) is 53.5 Å². The Morgan fingerprint density at radius 3 is 1.83 bits per heavy atom. The van der Waals surface area contributed by atoms with E-state index in [4.69, 9.17) is 30.3 Å². The van der Waals surface area contributed by atoms with Gasteiger partial charge in [0.2, 0.25) is 5.95 Å². The number of para-hydroxylation sites is 3. The topological polar surface area (TPSA) is 80.5 Å². The number of aromatic nitrogens is 4. The molecule has 0 amide bonds. The highest BCUT2D eigenvalue weighted by molar-refractivity contribution is 6.09. The van der Waals surface area contributed by atoms with Crippen LogP contribution in [0, 0.1) is 11.3 Å². The molecule has 6 heteroatoms. The summed E-state index contributed by atoms with van der Waals surface area (Å²) in [5.41, 5.74) is 4.53. The molecule has 3 aromatic heterocycles. The molecule has 0 unspecified atom stereocenters. The summed E-state index contributed by atoms with van der Waals surface area (Å²) in [6.07, 6.45) is 0. The molecular weight excluding hydrogens is 566 g/mol. The monoisotopic (exact) mass is 597 g/mol. The van der Waals surface area contributed by atoms with Gasteiger partial charge in [0, 0.05) is 32.7 Å². The summed E-state index contributed by atoms with van der Waals surface area (Å²) in [7, 11) is 0. The highest BCUT2D eigenvalue weighted by atomic mass is 16.3. The molecule has 0 radical (unpaired) electrons. The lowest BCUT2D eigenvalue weighted by Gasteiger charge is -2.11. The Kier molecular flexibility index (Phi) is 4.22. The first-order chi connectivity index (χ1) is 26.0. The van der Waals surface area contributed by atoms with E-state index in [1.807, 2.05) is 72.8 Å². The van der Waals surface area contributed by atoms with Gasteiger partial charge in [0.1, 0.15) is 11.2 Å². The van der Waals surface area contributed by atoms with Crippen LogP contribution in [0.3, 0.4) is 0 Å². The Labute approximate surface area is 274 Å². The van der Waals surface area contributed by atoms with Crippen LogP contribution >= 0.6 is 0 Å². The Hall–Kier alpha value is -6.58. The van der Waals surface area contributed by atoms with Crippen molar-refractivity contribution in [3.05, 3.63) is 145 Å². The van der Waals surface area contributed by atoms with E-state index in [0.29, 0.717) is 27.9 Å². The van der Waals surface area contributed by atoms with Gasteiger partial charge in [-0.2, -0.15) is 15.2 Å². The van der Waals surface area contributed by atoms with Crippen LogP contribution in [-0.2, 0) is 0 Å². The molecule has 6 nitrogen and oxygen atoms in total. The maximum atomic E-state index is 9.22. The SMILES string of the molecule is [2H]c1c([2H])c([2H])c2c(c1[2H])c1c([2H])c([2H])c([2H])c([2H])c1n2-c1nc(-c2ccc(-c3ccc(C#N)cc3)cc2)nc(-c2ccc3c(c2)oc2ccccc23)n1. The second-order valence-electron chi connectivity index (χ2n) is 10.6. The van der Waals surface area contributed by atoms with E-state index in [0.717, 1.165) is 21.9 Å². The van der Waals surface area contributed by atoms with Gasteiger partial charge in [-0.25, -0.2) is 4.98 Å². The van der Waals surface area contributed by atoms with Crippen LogP contribution in [0.4, 0.5) is 0 Å². The summed E-state index contributed by atoms with van der Waals surface area (Å²) in [5.74, 6) is 0.263. The molecule has 0 atom stereocenters. The number of hydrogen-bond donors (Lipinski definition) is 0. The lowest BCUT2D eigenvalue weighted by Crippen LogP contribution is -2.06. The van der Waals surface area contributed by atoms with E-state index >= 15 is 0 Å². The summed E-state index contributed by atoms with van der Waals surface area (Å²) < 4.78 is 76.9. The van der Waals surface area contributed by atoms with E-state index in [9.17, 15) is 5.26 Å². The highest BCUT2D eigenvalue weighted by Gasteiger charge is 2.18. The van der Waals surface area contributed by atoms with Crippen molar-refractivity contribution >= 4 is 43.7 Å². The fraction of sp³-hybridized carbons (Fsp3) is 0. The van der Waals surface area contributed by atoms with Crippen molar-refractivity contribution in [2.75, 3.05) is 0 Å². The molecule has 9 rings (SSSR count). The van der Waals surface area contributed by atoms with Gasteiger partial charge in [-0.3, -0.25) is 4.57 Å². The average Bonchev–Trinajstić information content (AvgIpc) is 3.77. The van der Waals surface area contributed by atoms with Gasteiger partial charge in [0.05, 0.1) is 33.6 Å². The number of fused-ring (bicyclic) bond motifs is 6. The highest BCUT2D eigenvalue weighted by Crippen LogP contribution is 2.34. The molecule has 9 aromatic rings. The average molecular weight is 598 g/mol. The number of hydrogen-bond acceptors (Lipinski definition) is 5. The zero-order chi connectivity index (χ0) is 37.6. The van der Waals surface area contributed by atoms with E-state index in [-0.39, 0.29) is 39.4 Å². The Bertz CT molecular complexity index is 3020. The maximum Gasteiger partial charge on any atom is 0.238 e. The predicted octanol–water partition coefficient (Wildman–Crippen LogP) is 9.74. The van der Waals surface area contributed by atoms with Crippen LogP contribution in [0.25, 0.3) is 83.6 Å². The van der Waals surface area contributed by atoms with Crippen molar-refractivity contribution in [1.82, 2.24) is 19.5 Å². The molecule has 0 fully saturated rings. The fourth-order valence-corrected chi connectivity index (χ4v) is 5.76. The molecule has 0 spiro atoms. The lowest BCUT2D eigenvalue weighted by molar-refractivity contribution is 0.669. The second-order valence-corrected chi connectivity index (χ2v) is 10.6. The van der Waals surface area contributed by atoms with Crippen LogP contribution in [0.5, 0.6) is 0 Å². The molecule has 214 valence electrons. The van der Waals surface area contributed by atoms with Gasteiger partial charge >= 0.3 is 0 Å². The standard InChI is InChI=1S/C40H23N5O/c41-24-25-13-15-26(16-14-25)27-17-19-28(20-18-27)38-42-39(29-21-22-33-32-9-3-6-12-36(32)46-37(33)23-29)44-40(43-38)45-34-10-4-1-7-30(34)31-8-2-5-11-35(31)45/h1-23H/i1D,2D,4D,5D,7D,8D,10D,11D. The molecule has 0 N–H and O–H groups in total.